The van der Waals surface area contributed by atoms with Crippen LogP contribution in [0, 0.1) is 0 Å². The lowest BCUT2D eigenvalue weighted by molar-refractivity contribution is -0.135. The molecule has 48 heavy (non-hydrogen) atoms. The van der Waals surface area contributed by atoms with Gasteiger partial charge < -0.3 is 34.3 Å². The summed E-state index contributed by atoms with van der Waals surface area (Å²) in [5.74, 6) is 1.71. The SMILES string of the molecule is COc1ccc(CN2CCN(C(=O)[C@H](Cc3ccc(O)cc3Cc3ccccc3)NC(=O)OCc3ccccc3)CC2)c(OC)c1OC. The van der Waals surface area contributed by atoms with Crippen LogP contribution >= 0.6 is 0 Å². The number of benzene rings is 4. The molecular formula is C38H43N3O7. The lowest BCUT2D eigenvalue weighted by atomic mass is 9.94. The molecule has 0 bridgehead atoms. The molecule has 5 rings (SSSR count). The Hall–Kier alpha value is -5.22. The summed E-state index contributed by atoms with van der Waals surface area (Å²) in [7, 11) is 4.78. The first-order chi connectivity index (χ1) is 23.4. The average molecular weight is 654 g/mol. The number of ether oxygens (including phenoxy) is 4. The van der Waals surface area contributed by atoms with Gasteiger partial charge in [0.15, 0.2) is 11.5 Å². The van der Waals surface area contributed by atoms with E-state index in [1.807, 2.05) is 78.9 Å². The largest absolute Gasteiger partial charge is 0.508 e. The predicted molar refractivity (Wildman–Crippen MR) is 183 cm³/mol. The summed E-state index contributed by atoms with van der Waals surface area (Å²) in [6.07, 6.45) is 0.146. The fourth-order valence-corrected chi connectivity index (χ4v) is 5.99. The number of methoxy groups -OCH3 is 3. The van der Waals surface area contributed by atoms with Gasteiger partial charge in [-0.25, -0.2) is 4.79 Å². The Morgan fingerprint density at radius 3 is 2.04 bits per heavy atom. The zero-order chi connectivity index (χ0) is 33.9. The quantitative estimate of drug-likeness (QED) is 0.203. The number of phenolic OH excluding ortho intramolecular Hbond substituents is 1. The normalized spacial score (nSPS) is 13.8. The zero-order valence-electron chi connectivity index (χ0n) is 27.7. The van der Waals surface area contributed by atoms with Gasteiger partial charge in [0.05, 0.1) is 21.3 Å². The first-order valence-corrected chi connectivity index (χ1v) is 16.0. The summed E-state index contributed by atoms with van der Waals surface area (Å²) in [4.78, 5) is 31.2. The summed E-state index contributed by atoms with van der Waals surface area (Å²) in [5.41, 5.74) is 4.62. The van der Waals surface area contributed by atoms with Crippen molar-refractivity contribution in [1.82, 2.24) is 15.1 Å². The summed E-state index contributed by atoms with van der Waals surface area (Å²) < 4.78 is 22.2. The third kappa shape index (κ3) is 8.77. The monoisotopic (exact) mass is 653 g/mol. The van der Waals surface area contributed by atoms with Gasteiger partial charge in [-0.15, -0.1) is 0 Å². The molecule has 4 aromatic rings. The van der Waals surface area contributed by atoms with Crippen molar-refractivity contribution in [1.29, 1.82) is 0 Å². The smallest absolute Gasteiger partial charge is 0.408 e. The van der Waals surface area contributed by atoms with E-state index in [9.17, 15) is 14.7 Å². The van der Waals surface area contributed by atoms with Crippen molar-refractivity contribution in [3.63, 3.8) is 0 Å². The molecule has 0 aromatic heterocycles. The van der Waals surface area contributed by atoms with Crippen molar-refractivity contribution in [2.75, 3.05) is 47.5 Å². The Kier molecular flexibility index (Phi) is 11.8. The number of alkyl carbamates (subject to hydrolysis) is 1. The van der Waals surface area contributed by atoms with E-state index in [1.54, 1.807) is 38.4 Å². The molecule has 1 atom stereocenters. The Morgan fingerprint density at radius 1 is 0.750 bits per heavy atom. The van der Waals surface area contributed by atoms with E-state index in [1.165, 1.54) is 0 Å². The molecule has 10 heteroatoms. The number of amides is 2. The number of carbonyl (C=O) groups is 2. The maximum absolute atomic E-state index is 14.1. The Labute approximate surface area is 281 Å². The van der Waals surface area contributed by atoms with E-state index in [2.05, 4.69) is 10.2 Å². The zero-order valence-corrected chi connectivity index (χ0v) is 27.7. The number of rotatable bonds is 13. The van der Waals surface area contributed by atoms with Crippen LogP contribution in [0.15, 0.2) is 91.0 Å². The topological polar surface area (TPSA) is 110 Å². The molecule has 0 saturated carbocycles. The Morgan fingerprint density at radius 2 is 1.40 bits per heavy atom. The molecule has 2 N–H and O–H groups in total. The van der Waals surface area contributed by atoms with E-state index in [-0.39, 0.29) is 24.7 Å². The van der Waals surface area contributed by atoms with Crippen molar-refractivity contribution in [3.8, 4) is 23.0 Å². The van der Waals surface area contributed by atoms with Crippen LogP contribution in [-0.4, -0.2) is 80.5 Å². The minimum Gasteiger partial charge on any atom is -0.508 e. The van der Waals surface area contributed by atoms with E-state index in [0.717, 1.165) is 27.8 Å². The number of phenols is 1. The molecule has 4 aromatic carbocycles. The maximum atomic E-state index is 14.1. The maximum Gasteiger partial charge on any atom is 0.408 e. The number of piperazine rings is 1. The Balaban J connectivity index is 1.30. The highest BCUT2D eigenvalue weighted by atomic mass is 16.5. The van der Waals surface area contributed by atoms with E-state index in [0.29, 0.717) is 56.4 Å². The number of nitrogens with one attached hydrogen (secondary N) is 1. The highest BCUT2D eigenvalue weighted by Crippen LogP contribution is 2.40. The molecule has 0 radical (unpaired) electrons. The van der Waals surface area contributed by atoms with Gasteiger partial charge in [0.2, 0.25) is 11.7 Å². The minimum absolute atomic E-state index is 0.0876. The van der Waals surface area contributed by atoms with Gasteiger partial charge in [-0.2, -0.15) is 0 Å². The van der Waals surface area contributed by atoms with Crippen LogP contribution in [0.3, 0.4) is 0 Å². The Bertz CT molecular complexity index is 1660. The number of hydrogen-bond donors (Lipinski definition) is 2. The van der Waals surface area contributed by atoms with E-state index < -0.39 is 12.1 Å². The van der Waals surface area contributed by atoms with Gasteiger partial charge >= 0.3 is 6.09 Å². The summed E-state index contributed by atoms with van der Waals surface area (Å²) in [6.45, 7) is 2.93. The standard InChI is InChI=1S/C38H43N3O7/c1-45-34-17-15-30(35(46-2)36(34)47-3)25-40-18-20-41(21-19-40)37(43)33(39-38(44)48-26-28-12-8-5-9-13-28)24-29-14-16-32(42)23-31(29)22-27-10-6-4-7-11-27/h4-17,23,33,42H,18-22,24-26H2,1-3H3,(H,39,44)/t33-/m0/s1. The summed E-state index contributed by atoms with van der Waals surface area (Å²) in [5, 5.41) is 13.2. The van der Waals surface area contributed by atoms with Gasteiger partial charge in [0, 0.05) is 44.7 Å². The first kappa shape index (κ1) is 34.1. The number of nitrogens with zero attached hydrogens (tertiary/aromatic N) is 2. The van der Waals surface area contributed by atoms with Crippen LogP contribution < -0.4 is 19.5 Å². The van der Waals surface area contributed by atoms with Gasteiger partial charge in [-0.3, -0.25) is 9.69 Å². The lowest BCUT2D eigenvalue weighted by Crippen LogP contribution is -2.55. The molecule has 0 unspecified atom stereocenters. The third-order valence-corrected chi connectivity index (χ3v) is 8.52. The van der Waals surface area contributed by atoms with Crippen LogP contribution in [0.5, 0.6) is 23.0 Å². The number of hydrogen-bond acceptors (Lipinski definition) is 8. The molecule has 10 nitrogen and oxygen atoms in total. The van der Waals surface area contributed by atoms with Gasteiger partial charge in [-0.05, 0) is 46.9 Å². The van der Waals surface area contributed by atoms with Crippen LogP contribution in [0.25, 0.3) is 0 Å². The van der Waals surface area contributed by atoms with Gasteiger partial charge in [0.1, 0.15) is 18.4 Å². The third-order valence-electron chi connectivity index (χ3n) is 8.52. The minimum atomic E-state index is -0.871. The average Bonchev–Trinajstić information content (AvgIpc) is 3.12. The second-order valence-electron chi connectivity index (χ2n) is 11.7. The summed E-state index contributed by atoms with van der Waals surface area (Å²) >= 11 is 0. The molecule has 1 aliphatic heterocycles. The van der Waals surface area contributed by atoms with Crippen molar-refractivity contribution in [3.05, 3.63) is 119 Å². The van der Waals surface area contributed by atoms with Crippen molar-refractivity contribution >= 4 is 12.0 Å². The van der Waals surface area contributed by atoms with Gasteiger partial charge in [-0.1, -0.05) is 72.8 Å². The highest BCUT2D eigenvalue weighted by Gasteiger charge is 2.30. The van der Waals surface area contributed by atoms with Crippen molar-refractivity contribution < 1.29 is 33.6 Å². The van der Waals surface area contributed by atoms with Crippen LogP contribution in [0.2, 0.25) is 0 Å². The van der Waals surface area contributed by atoms with Crippen LogP contribution in [0.1, 0.15) is 27.8 Å². The fraction of sp³-hybridized carbons (Fsp3) is 0.316. The van der Waals surface area contributed by atoms with Crippen LogP contribution in [-0.2, 0) is 35.5 Å². The molecule has 1 fully saturated rings. The fourth-order valence-electron chi connectivity index (χ4n) is 5.99. The highest BCUT2D eigenvalue weighted by molar-refractivity contribution is 5.86. The van der Waals surface area contributed by atoms with E-state index in [4.69, 9.17) is 18.9 Å². The molecule has 0 aliphatic carbocycles. The summed E-state index contributed by atoms with van der Waals surface area (Å²) in [6, 6.07) is 27.4. The van der Waals surface area contributed by atoms with E-state index >= 15 is 0 Å². The molecular weight excluding hydrogens is 610 g/mol. The molecule has 1 heterocycles. The number of aromatic hydroxyl groups is 1. The predicted octanol–water partition coefficient (Wildman–Crippen LogP) is 5.19. The van der Waals surface area contributed by atoms with Gasteiger partial charge in [0.25, 0.3) is 0 Å². The molecule has 2 amide bonds. The van der Waals surface area contributed by atoms with Crippen LogP contribution in [0.4, 0.5) is 4.79 Å². The lowest BCUT2D eigenvalue weighted by Gasteiger charge is -2.37. The molecule has 1 saturated heterocycles. The number of carbonyl (C=O) groups excluding carboxylic acids is 2. The molecule has 0 spiro atoms. The van der Waals surface area contributed by atoms with Crippen molar-refractivity contribution in [2.24, 2.45) is 0 Å². The second kappa shape index (κ2) is 16.6. The first-order valence-electron chi connectivity index (χ1n) is 16.0. The molecule has 1 aliphatic rings. The molecule has 252 valence electrons. The second-order valence-corrected chi connectivity index (χ2v) is 11.7. The van der Waals surface area contributed by atoms with Crippen molar-refractivity contribution in [2.45, 2.75) is 32.0 Å².